The topological polar surface area (TPSA) is 55.1 Å². The van der Waals surface area contributed by atoms with E-state index >= 15 is 0 Å². The number of carbonyl (C=O) groups is 1. The summed E-state index contributed by atoms with van der Waals surface area (Å²) in [5, 5.41) is 3.30. The van der Waals surface area contributed by atoms with Gasteiger partial charge in [0.05, 0.1) is 12.0 Å². The van der Waals surface area contributed by atoms with Crippen molar-refractivity contribution in [1.29, 1.82) is 0 Å². The summed E-state index contributed by atoms with van der Waals surface area (Å²) in [7, 11) is 0. The number of nitrogens with two attached hydrogens (primary N) is 1. The van der Waals surface area contributed by atoms with E-state index in [0.29, 0.717) is 0 Å². The van der Waals surface area contributed by atoms with Crippen LogP contribution in [0.25, 0.3) is 0 Å². The van der Waals surface area contributed by atoms with E-state index in [-0.39, 0.29) is 17.9 Å². The summed E-state index contributed by atoms with van der Waals surface area (Å²) in [6.45, 7) is 2.13. The van der Waals surface area contributed by atoms with Crippen LogP contribution in [0, 0.1) is 0 Å². The van der Waals surface area contributed by atoms with Crippen LogP contribution >= 0.6 is 0 Å². The van der Waals surface area contributed by atoms with Crippen molar-refractivity contribution >= 4 is 11.6 Å². The van der Waals surface area contributed by atoms with E-state index < -0.39 is 0 Å². The van der Waals surface area contributed by atoms with Gasteiger partial charge in [0.2, 0.25) is 5.91 Å². The Morgan fingerprint density at radius 1 is 1.25 bits per heavy atom. The van der Waals surface area contributed by atoms with Gasteiger partial charge in [-0.2, -0.15) is 0 Å². The number of anilines is 1. The van der Waals surface area contributed by atoms with Crippen molar-refractivity contribution in [3.05, 3.63) is 65.2 Å². The van der Waals surface area contributed by atoms with Gasteiger partial charge in [-0.15, -0.1) is 0 Å². The number of hydrogen-bond acceptors (Lipinski definition) is 2. The first-order valence-corrected chi connectivity index (χ1v) is 8.92. The lowest BCUT2D eigenvalue weighted by Crippen LogP contribution is -2.34. The molecule has 0 saturated heterocycles. The van der Waals surface area contributed by atoms with Crippen molar-refractivity contribution in [3.63, 3.8) is 0 Å². The van der Waals surface area contributed by atoms with Crippen LogP contribution in [0.3, 0.4) is 0 Å². The molecule has 0 radical (unpaired) electrons. The van der Waals surface area contributed by atoms with Gasteiger partial charge in [-0.25, -0.2) is 0 Å². The number of nitrogens with one attached hydrogen (secondary N) is 1. The lowest BCUT2D eigenvalue weighted by molar-refractivity contribution is -0.123. The van der Waals surface area contributed by atoms with Gasteiger partial charge in [-0.1, -0.05) is 49.7 Å². The Morgan fingerprint density at radius 2 is 2.04 bits per heavy atom. The highest BCUT2D eigenvalue weighted by atomic mass is 16.1. The molecule has 3 rings (SSSR count). The lowest BCUT2D eigenvalue weighted by Gasteiger charge is -2.28. The molecule has 24 heavy (non-hydrogen) atoms. The second-order valence-electron chi connectivity index (χ2n) is 6.66. The first-order valence-electron chi connectivity index (χ1n) is 8.92. The van der Waals surface area contributed by atoms with Gasteiger partial charge >= 0.3 is 0 Å². The largest absolute Gasteiger partial charge is 0.399 e. The van der Waals surface area contributed by atoms with Crippen molar-refractivity contribution in [2.24, 2.45) is 0 Å². The molecule has 0 fully saturated rings. The average molecular weight is 322 g/mol. The summed E-state index contributed by atoms with van der Waals surface area (Å²) >= 11 is 0. The van der Waals surface area contributed by atoms with E-state index in [2.05, 4.69) is 30.4 Å². The van der Waals surface area contributed by atoms with Gasteiger partial charge in [0.1, 0.15) is 0 Å². The molecule has 0 aromatic heterocycles. The van der Waals surface area contributed by atoms with Crippen molar-refractivity contribution in [3.8, 4) is 0 Å². The molecule has 126 valence electrons. The molecule has 0 bridgehead atoms. The second kappa shape index (κ2) is 7.52. The number of amides is 1. The van der Waals surface area contributed by atoms with Crippen LogP contribution in [0.1, 0.15) is 61.3 Å². The molecule has 0 spiro atoms. The Morgan fingerprint density at radius 3 is 2.79 bits per heavy atom. The Balaban J connectivity index is 1.79. The molecule has 0 aliphatic heterocycles. The summed E-state index contributed by atoms with van der Waals surface area (Å²) in [6, 6.07) is 16.3. The Labute approximate surface area is 144 Å². The van der Waals surface area contributed by atoms with Crippen LogP contribution in [0.5, 0.6) is 0 Å². The molecule has 2 aromatic rings. The van der Waals surface area contributed by atoms with Crippen molar-refractivity contribution in [1.82, 2.24) is 5.32 Å². The molecule has 1 aliphatic rings. The van der Waals surface area contributed by atoms with Crippen molar-refractivity contribution in [2.45, 2.75) is 51.0 Å². The highest BCUT2D eigenvalue weighted by Crippen LogP contribution is 2.32. The second-order valence-corrected chi connectivity index (χ2v) is 6.66. The third-order valence-electron chi connectivity index (χ3n) is 4.89. The molecular formula is C21H26N2O. The molecule has 3 nitrogen and oxygen atoms in total. The number of carbonyl (C=O) groups excluding carboxylic acids is 1. The van der Waals surface area contributed by atoms with Gasteiger partial charge in [0.15, 0.2) is 0 Å². The number of aryl methyl sites for hydroxylation is 1. The van der Waals surface area contributed by atoms with Crippen LogP contribution in [-0.2, 0) is 11.2 Å². The Bertz CT molecular complexity index is 696. The molecule has 0 heterocycles. The molecule has 3 heteroatoms. The zero-order chi connectivity index (χ0) is 16.9. The molecule has 2 aromatic carbocycles. The number of hydrogen-bond donors (Lipinski definition) is 2. The van der Waals surface area contributed by atoms with Crippen LogP contribution in [-0.4, -0.2) is 5.91 Å². The van der Waals surface area contributed by atoms with Crippen molar-refractivity contribution in [2.75, 3.05) is 5.73 Å². The van der Waals surface area contributed by atoms with Crippen LogP contribution < -0.4 is 11.1 Å². The van der Waals surface area contributed by atoms with Gasteiger partial charge in [0, 0.05) is 5.69 Å². The van der Waals surface area contributed by atoms with Crippen LogP contribution in [0.15, 0.2) is 48.5 Å². The average Bonchev–Trinajstić information content (AvgIpc) is 2.60. The summed E-state index contributed by atoms with van der Waals surface area (Å²) < 4.78 is 0. The zero-order valence-corrected chi connectivity index (χ0v) is 14.3. The Kier molecular flexibility index (Phi) is 5.19. The molecular weight excluding hydrogens is 296 g/mol. The van der Waals surface area contributed by atoms with Gasteiger partial charge in [0.25, 0.3) is 0 Å². The third-order valence-corrected chi connectivity index (χ3v) is 4.89. The molecule has 2 atom stereocenters. The summed E-state index contributed by atoms with van der Waals surface area (Å²) in [6.07, 6.45) is 4.99. The fourth-order valence-corrected chi connectivity index (χ4v) is 3.68. The number of rotatable bonds is 5. The Hall–Kier alpha value is -2.29. The monoisotopic (exact) mass is 322 g/mol. The first kappa shape index (κ1) is 16.6. The maximum Gasteiger partial charge on any atom is 0.228 e. The highest BCUT2D eigenvalue weighted by molar-refractivity contribution is 5.84. The normalized spacial score (nSPS) is 17.8. The van der Waals surface area contributed by atoms with E-state index in [0.717, 1.165) is 43.4 Å². The van der Waals surface area contributed by atoms with Crippen molar-refractivity contribution < 1.29 is 4.79 Å². The fourth-order valence-electron chi connectivity index (χ4n) is 3.68. The van der Waals surface area contributed by atoms with Gasteiger partial charge in [-0.05, 0) is 54.5 Å². The summed E-state index contributed by atoms with van der Waals surface area (Å²) in [4.78, 5) is 12.9. The fraction of sp³-hybridized carbons (Fsp3) is 0.381. The lowest BCUT2D eigenvalue weighted by atomic mass is 9.86. The number of benzene rings is 2. The van der Waals surface area contributed by atoms with Gasteiger partial charge < -0.3 is 11.1 Å². The minimum absolute atomic E-state index is 0.0737. The SMILES string of the molecule is CCCC(C(=O)NC1CCCc2cc(N)ccc21)c1ccccc1. The highest BCUT2D eigenvalue weighted by Gasteiger charge is 2.26. The van der Waals surface area contributed by atoms with E-state index in [1.165, 1.54) is 11.1 Å². The maximum absolute atomic E-state index is 12.9. The number of fused-ring (bicyclic) bond motifs is 1. The first-order chi connectivity index (χ1) is 11.7. The van der Waals surface area contributed by atoms with E-state index in [9.17, 15) is 4.79 Å². The minimum Gasteiger partial charge on any atom is -0.399 e. The van der Waals surface area contributed by atoms with E-state index in [1.807, 2.05) is 30.3 Å². The molecule has 0 saturated carbocycles. The quantitative estimate of drug-likeness (QED) is 0.804. The maximum atomic E-state index is 12.9. The predicted octanol–water partition coefficient (Wildman–Crippen LogP) is 4.35. The minimum atomic E-state index is -0.0737. The zero-order valence-electron chi connectivity index (χ0n) is 14.3. The van der Waals surface area contributed by atoms with E-state index in [4.69, 9.17) is 5.73 Å². The van der Waals surface area contributed by atoms with Crippen LogP contribution in [0.2, 0.25) is 0 Å². The van der Waals surface area contributed by atoms with E-state index in [1.54, 1.807) is 0 Å². The molecule has 1 amide bonds. The smallest absolute Gasteiger partial charge is 0.228 e. The predicted molar refractivity (Wildman–Crippen MR) is 98.8 cm³/mol. The summed E-state index contributed by atoms with van der Waals surface area (Å²) in [5.74, 6) is 0.0630. The molecule has 3 N–H and O–H groups in total. The standard InChI is InChI=1S/C21H26N2O/c1-2-7-19(15-8-4-3-5-9-15)21(24)23-20-11-6-10-16-14-17(22)12-13-18(16)20/h3-5,8-9,12-14,19-20H,2,6-7,10-11,22H2,1H3,(H,23,24). The molecule has 1 aliphatic carbocycles. The number of nitrogen functional groups attached to an aromatic ring is 1. The third kappa shape index (κ3) is 3.61. The summed E-state index contributed by atoms with van der Waals surface area (Å²) in [5.41, 5.74) is 10.3. The van der Waals surface area contributed by atoms with Gasteiger partial charge in [-0.3, -0.25) is 4.79 Å². The molecule has 2 unspecified atom stereocenters. The van der Waals surface area contributed by atoms with Crippen LogP contribution in [0.4, 0.5) is 5.69 Å².